The van der Waals surface area contributed by atoms with Gasteiger partial charge < -0.3 is 0 Å². The predicted octanol–water partition coefficient (Wildman–Crippen LogP) is 3.38. The number of benzene rings is 2. The van der Waals surface area contributed by atoms with Gasteiger partial charge in [0.2, 0.25) is 0 Å². The van der Waals surface area contributed by atoms with E-state index in [4.69, 9.17) is 0 Å². The molecule has 0 bridgehead atoms. The van der Waals surface area contributed by atoms with E-state index in [1.807, 2.05) is 54.6 Å². The monoisotopic (exact) mass is 233 g/mol. The molecule has 0 atom stereocenters. The van der Waals surface area contributed by atoms with Gasteiger partial charge in [-0.25, -0.2) is 4.98 Å². The Labute approximate surface area is 105 Å². The number of hydrogen-bond donors (Lipinski definition) is 0. The lowest BCUT2D eigenvalue weighted by Gasteiger charge is -1.97. The van der Waals surface area contributed by atoms with Gasteiger partial charge in [-0.1, -0.05) is 30.3 Å². The zero-order chi connectivity index (χ0) is 12.2. The first-order chi connectivity index (χ1) is 8.92. The van der Waals surface area contributed by atoms with E-state index in [1.165, 1.54) is 0 Å². The molecule has 3 heteroatoms. The van der Waals surface area contributed by atoms with Crippen molar-refractivity contribution in [2.75, 3.05) is 0 Å². The first-order valence-corrected chi connectivity index (χ1v) is 5.73. The van der Waals surface area contributed by atoms with Gasteiger partial charge in [0.25, 0.3) is 0 Å². The summed E-state index contributed by atoms with van der Waals surface area (Å²) in [6.45, 7) is 0. The molecule has 0 spiro atoms. The number of fused-ring (bicyclic) bond motifs is 1. The molecule has 0 aliphatic carbocycles. The molecule has 2 aromatic carbocycles. The molecule has 3 rings (SSSR count). The molecule has 1 heterocycles. The van der Waals surface area contributed by atoms with Crippen LogP contribution >= 0.6 is 0 Å². The molecule has 3 nitrogen and oxygen atoms in total. The SMILES string of the molecule is C(=Nc1ccccc1)c1cnc2ccccc2n1. The Morgan fingerprint density at radius 3 is 2.39 bits per heavy atom. The minimum Gasteiger partial charge on any atom is -0.255 e. The van der Waals surface area contributed by atoms with E-state index in [0.717, 1.165) is 22.4 Å². The van der Waals surface area contributed by atoms with Crippen molar-refractivity contribution < 1.29 is 0 Å². The van der Waals surface area contributed by atoms with Gasteiger partial charge in [-0.15, -0.1) is 0 Å². The predicted molar refractivity (Wildman–Crippen MR) is 73.2 cm³/mol. The van der Waals surface area contributed by atoms with Crippen LogP contribution in [0.4, 0.5) is 5.69 Å². The Hall–Kier alpha value is -2.55. The average Bonchev–Trinajstić information content (AvgIpc) is 2.46. The summed E-state index contributed by atoms with van der Waals surface area (Å²) < 4.78 is 0. The van der Waals surface area contributed by atoms with Gasteiger partial charge in [0.1, 0.15) is 5.69 Å². The lowest BCUT2D eigenvalue weighted by Crippen LogP contribution is -1.90. The van der Waals surface area contributed by atoms with Crippen LogP contribution in [0.3, 0.4) is 0 Å². The summed E-state index contributed by atoms with van der Waals surface area (Å²) in [6.07, 6.45) is 3.46. The van der Waals surface area contributed by atoms with Gasteiger partial charge in [-0.3, -0.25) is 9.98 Å². The largest absolute Gasteiger partial charge is 0.255 e. The highest BCUT2D eigenvalue weighted by atomic mass is 14.8. The van der Waals surface area contributed by atoms with Gasteiger partial charge in [0.05, 0.1) is 29.1 Å². The van der Waals surface area contributed by atoms with Gasteiger partial charge in [-0.2, -0.15) is 0 Å². The molecular formula is C15H11N3. The lowest BCUT2D eigenvalue weighted by atomic mass is 10.3. The molecule has 18 heavy (non-hydrogen) atoms. The average molecular weight is 233 g/mol. The summed E-state index contributed by atoms with van der Waals surface area (Å²) in [7, 11) is 0. The zero-order valence-electron chi connectivity index (χ0n) is 9.69. The maximum Gasteiger partial charge on any atom is 0.100 e. The van der Waals surface area contributed by atoms with E-state index in [1.54, 1.807) is 12.4 Å². The van der Waals surface area contributed by atoms with Crippen molar-refractivity contribution in [1.29, 1.82) is 0 Å². The number of aliphatic imine (C=N–C) groups is 1. The van der Waals surface area contributed by atoms with Crippen LogP contribution in [0.2, 0.25) is 0 Å². The third kappa shape index (κ3) is 2.25. The Bertz CT molecular complexity index is 690. The molecule has 0 radical (unpaired) electrons. The van der Waals surface area contributed by atoms with Gasteiger partial charge >= 0.3 is 0 Å². The first-order valence-electron chi connectivity index (χ1n) is 5.73. The molecule has 0 unspecified atom stereocenters. The van der Waals surface area contributed by atoms with Crippen LogP contribution < -0.4 is 0 Å². The normalized spacial score (nSPS) is 11.1. The van der Waals surface area contributed by atoms with Crippen molar-refractivity contribution in [2.24, 2.45) is 4.99 Å². The Morgan fingerprint density at radius 1 is 0.833 bits per heavy atom. The molecule has 0 amide bonds. The minimum absolute atomic E-state index is 0.762. The number of hydrogen-bond acceptors (Lipinski definition) is 3. The summed E-state index contributed by atoms with van der Waals surface area (Å²) in [5.74, 6) is 0. The Morgan fingerprint density at radius 2 is 1.56 bits per heavy atom. The van der Waals surface area contributed by atoms with Gasteiger partial charge in [-0.05, 0) is 24.3 Å². The van der Waals surface area contributed by atoms with E-state index in [2.05, 4.69) is 15.0 Å². The van der Waals surface area contributed by atoms with Crippen molar-refractivity contribution in [3.8, 4) is 0 Å². The molecular weight excluding hydrogens is 222 g/mol. The standard InChI is InChI=1S/C15H11N3/c1-2-6-12(7-3-1)16-10-13-11-17-14-8-4-5-9-15(14)18-13/h1-11H. The van der Waals surface area contributed by atoms with E-state index in [0.29, 0.717) is 0 Å². The van der Waals surface area contributed by atoms with E-state index in [-0.39, 0.29) is 0 Å². The molecule has 3 aromatic rings. The van der Waals surface area contributed by atoms with Crippen molar-refractivity contribution in [3.05, 3.63) is 66.5 Å². The van der Waals surface area contributed by atoms with Crippen molar-refractivity contribution >= 4 is 22.9 Å². The third-order valence-electron chi connectivity index (χ3n) is 2.57. The van der Waals surface area contributed by atoms with Crippen molar-refractivity contribution in [3.63, 3.8) is 0 Å². The molecule has 1 aromatic heterocycles. The highest BCUT2D eigenvalue weighted by Gasteiger charge is 1.96. The second-order valence-corrected chi connectivity index (χ2v) is 3.88. The summed E-state index contributed by atoms with van der Waals surface area (Å²) in [5.41, 5.74) is 3.45. The number of nitrogens with zero attached hydrogens (tertiary/aromatic N) is 3. The van der Waals surface area contributed by atoms with Crippen LogP contribution in [0.15, 0.2) is 65.8 Å². The van der Waals surface area contributed by atoms with Gasteiger partial charge in [0, 0.05) is 0 Å². The molecule has 0 saturated carbocycles. The van der Waals surface area contributed by atoms with Crippen LogP contribution in [0.5, 0.6) is 0 Å². The van der Waals surface area contributed by atoms with Crippen LogP contribution in [-0.2, 0) is 0 Å². The first kappa shape index (κ1) is 10.6. The van der Waals surface area contributed by atoms with Crippen LogP contribution in [-0.4, -0.2) is 16.2 Å². The Kier molecular flexibility index (Phi) is 2.80. The fourth-order valence-corrected chi connectivity index (χ4v) is 1.69. The fourth-order valence-electron chi connectivity index (χ4n) is 1.69. The van der Waals surface area contributed by atoms with Crippen molar-refractivity contribution in [2.45, 2.75) is 0 Å². The van der Waals surface area contributed by atoms with Crippen LogP contribution in [0, 0.1) is 0 Å². The second-order valence-electron chi connectivity index (χ2n) is 3.88. The van der Waals surface area contributed by atoms with E-state index in [9.17, 15) is 0 Å². The molecule has 0 fully saturated rings. The maximum absolute atomic E-state index is 4.48. The second kappa shape index (κ2) is 4.75. The van der Waals surface area contributed by atoms with E-state index < -0.39 is 0 Å². The summed E-state index contributed by atoms with van der Waals surface area (Å²) in [5, 5.41) is 0. The molecule has 86 valence electrons. The maximum atomic E-state index is 4.48. The quantitative estimate of drug-likeness (QED) is 0.636. The molecule has 0 N–H and O–H groups in total. The summed E-state index contributed by atoms with van der Waals surface area (Å²) in [4.78, 5) is 13.2. The number of aromatic nitrogens is 2. The molecule has 0 saturated heterocycles. The molecule has 0 aliphatic rings. The highest BCUT2D eigenvalue weighted by molar-refractivity contribution is 5.83. The molecule has 0 aliphatic heterocycles. The summed E-state index contributed by atoms with van der Waals surface area (Å²) >= 11 is 0. The van der Waals surface area contributed by atoms with Crippen LogP contribution in [0.1, 0.15) is 5.69 Å². The van der Waals surface area contributed by atoms with Crippen molar-refractivity contribution in [1.82, 2.24) is 9.97 Å². The van der Waals surface area contributed by atoms with Gasteiger partial charge in [0.15, 0.2) is 0 Å². The fraction of sp³-hybridized carbons (Fsp3) is 0. The van der Waals surface area contributed by atoms with Crippen LogP contribution in [0.25, 0.3) is 11.0 Å². The lowest BCUT2D eigenvalue weighted by molar-refractivity contribution is 1.27. The minimum atomic E-state index is 0.762. The number of para-hydroxylation sites is 3. The highest BCUT2D eigenvalue weighted by Crippen LogP contribution is 2.11. The topological polar surface area (TPSA) is 38.1 Å². The number of rotatable bonds is 2. The summed E-state index contributed by atoms with van der Waals surface area (Å²) in [6, 6.07) is 17.6. The van der Waals surface area contributed by atoms with E-state index >= 15 is 0 Å². The smallest absolute Gasteiger partial charge is 0.100 e. The Balaban J connectivity index is 1.93. The third-order valence-corrected chi connectivity index (χ3v) is 2.57. The zero-order valence-corrected chi connectivity index (χ0v) is 9.69.